The van der Waals surface area contributed by atoms with Crippen LogP contribution in [0.5, 0.6) is 0 Å². The van der Waals surface area contributed by atoms with Crippen molar-refractivity contribution in [3.8, 4) is 0 Å². The van der Waals surface area contributed by atoms with Gasteiger partial charge >= 0.3 is 0 Å². The maximum atomic E-state index is 6.14. The zero-order valence-electron chi connectivity index (χ0n) is 12.9. The van der Waals surface area contributed by atoms with E-state index in [2.05, 4.69) is 37.7 Å². The minimum atomic E-state index is 0.299. The van der Waals surface area contributed by atoms with E-state index in [9.17, 15) is 0 Å². The molecular formula is C15H33N3. The average Bonchev–Trinajstić information content (AvgIpc) is 2.36. The van der Waals surface area contributed by atoms with Gasteiger partial charge in [0, 0.05) is 12.1 Å². The molecule has 0 aromatic rings. The third-order valence-electron chi connectivity index (χ3n) is 4.67. The summed E-state index contributed by atoms with van der Waals surface area (Å²) in [5.41, 5.74) is 6.44. The molecule has 0 aliphatic heterocycles. The second-order valence-corrected chi connectivity index (χ2v) is 6.35. The SMILES string of the molecule is CCN(CCCN(C)C)C1(CN)CCC(C)CC1. The number of nitrogens with zero attached hydrogens (tertiary/aromatic N) is 2. The van der Waals surface area contributed by atoms with E-state index in [1.54, 1.807) is 0 Å². The molecular weight excluding hydrogens is 222 g/mol. The summed E-state index contributed by atoms with van der Waals surface area (Å²) in [6.07, 6.45) is 6.53. The summed E-state index contributed by atoms with van der Waals surface area (Å²) in [6, 6.07) is 0. The predicted molar refractivity (Wildman–Crippen MR) is 79.8 cm³/mol. The van der Waals surface area contributed by atoms with Crippen molar-refractivity contribution >= 4 is 0 Å². The first-order chi connectivity index (χ1) is 8.54. The topological polar surface area (TPSA) is 32.5 Å². The van der Waals surface area contributed by atoms with Gasteiger partial charge in [-0.1, -0.05) is 13.8 Å². The van der Waals surface area contributed by atoms with Gasteiger partial charge in [0.05, 0.1) is 0 Å². The highest BCUT2D eigenvalue weighted by Gasteiger charge is 2.37. The number of rotatable bonds is 7. The Morgan fingerprint density at radius 1 is 1.17 bits per heavy atom. The molecule has 0 heterocycles. The minimum absolute atomic E-state index is 0.299. The van der Waals surface area contributed by atoms with E-state index in [0.29, 0.717) is 5.54 Å². The molecule has 0 spiro atoms. The molecule has 1 rings (SSSR count). The van der Waals surface area contributed by atoms with Crippen molar-refractivity contribution in [2.24, 2.45) is 11.7 Å². The van der Waals surface area contributed by atoms with E-state index in [1.165, 1.54) is 45.2 Å². The molecule has 0 aromatic carbocycles. The van der Waals surface area contributed by atoms with Crippen LogP contribution in [-0.2, 0) is 0 Å². The van der Waals surface area contributed by atoms with E-state index in [1.807, 2.05) is 0 Å². The van der Waals surface area contributed by atoms with E-state index in [-0.39, 0.29) is 0 Å². The fourth-order valence-electron chi connectivity index (χ4n) is 3.26. The van der Waals surface area contributed by atoms with Crippen LogP contribution in [0.3, 0.4) is 0 Å². The van der Waals surface area contributed by atoms with Crippen molar-refractivity contribution in [2.75, 3.05) is 40.3 Å². The smallest absolute Gasteiger partial charge is 0.0331 e. The second kappa shape index (κ2) is 7.46. The summed E-state index contributed by atoms with van der Waals surface area (Å²) in [4.78, 5) is 4.92. The highest BCUT2D eigenvalue weighted by atomic mass is 15.2. The summed E-state index contributed by atoms with van der Waals surface area (Å²) in [5.74, 6) is 0.894. The molecule has 0 bridgehead atoms. The van der Waals surface area contributed by atoms with Crippen LogP contribution in [-0.4, -0.2) is 55.6 Å². The lowest BCUT2D eigenvalue weighted by atomic mass is 9.76. The Morgan fingerprint density at radius 2 is 1.78 bits per heavy atom. The summed E-state index contributed by atoms with van der Waals surface area (Å²) < 4.78 is 0. The summed E-state index contributed by atoms with van der Waals surface area (Å²) in [5, 5.41) is 0. The molecule has 0 unspecified atom stereocenters. The fraction of sp³-hybridized carbons (Fsp3) is 1.00. The number of nitrogens with two attached hydrogens (primary N) is 1. The van der Waals surface area contributed by atoms with Crippen LogP contribution < -0.4 is 5.73 Å². The Hall–Kier alpha value is -0.120. The van der Waals surface area contributed by atoms with Crippen molar-refractivity contribution in [3.05, 3.63) is 0 Å². The van der Waals surface area contributed by atoms with Gasteiger partial charge in [0.25, 0.3) is 0 Å². The predicted octanol–water partition coefficient (Wildman–Crippen LogP) is 2.17. The Kier molecular flexibility index (Phi) is 6.61. The Bertz CT molecular complexity index is 220. The van der Waals surface area contributed by atoms with E-state index < -0.39 is 0 Å². The zero-order valence-corrected chi connectivity index (χ0v) is 12.9. The van der Waals surface area contributed by atoms with Gasteiger partial charge in [-0.05, 0) is 71.8 Å². The standard InChI is InChI=1S/C15H33N3/c1-5-18(12-6-11-17(3)4)15(13-16)9-7-14(2)8-10-15/h14H,5-13,16H2,1-4H3. The van der Waals surface area contributed by atoms with E-state index in [0.717, 1.165) is 19.0 Å². The summed E-state index contributed by atoms with van der Waals surface area (Å²) >= 11 is 0. The highest BCUT2D eigenvalue weighted by molar-refractivity contribution is 4.95. The van der Waals surface area contributed by atoms with Crippen molar-refractivity contribution in [1.29, 1.82) is 0 Å². The molecule has 0 saturated heterocycles. The van der Waals surface area contributed by atoms with Gasteiger partial charge in [0.15, 0.2) is 0 Å². The van der Waals surface area contributed by atoms with Crippen LogP contribution in [0.15, 0.2) is 0 Å². The molecule has 3 nitrogen and oxygen atoms in total. The lowest BCUT2D eigenvalue weighted by molar-refractivity contribution is 0.0466. The first-order valence-corrected chi connectivity index (χ1v) is 7.64. The van der Waals surface area contributed by atoms with Gasteiger partial charge in [-0.15, -0.1) is 0 Å². The molecule has 1 aliphatic carbocycles. The third-order valence-corrected chi connectivity index (χ3v) is 4.67. The number of hydrogen-bond donors (Lipinski definition) is 1. The van der Waals surface area contributed by atoms with Gasteiger partial charge in [-0.2, -0.15) is 0 Å². The zero-order chi connectivity index (χ0) is 13.6. The molecule has 18 heavy (non-hydrogen) atoms. The van der Waals surface area contributed by atoms with Gasteiger partial charge < -0.3 is 10.6 Å². The molecule has 1 aliphatic rings. The maximum Gasteiger partial charge on any atom is 0.0331 e. The molecule has 0 atom stereocenters. The largest absolute Gasteiger partial charge is 0.329 e. The summed E-state index contributed by atoms with van der Waals surface area (Å²) in [7, 11) is 4.30. The van der Waals surface area contributed by atoms with Crippen LogP contribution in [0.4, 0.5) is 0 Å². The quantitative estimate of drug-likeness (QED) is 0.757. The lowest BCUT2D eigenvalue weighted by Gasteiger charge is -2.47. The van der Waals surface area contributed by atoms with Crippen LogP contribution >= 0.6 is 0 Å². The van der Waals surface area contributed by atoms with Crippen LogP contribution in [0.2, 0.25) is 0 Å². The molecule has 3 heteroatoms. The average molecular weight is 255 g/mol. The molecule has 0 radical (unpaired) electrons. The van der Waals surface area contributed by atoms with Crippen molar-refractivity contribution in [1.82, 2.24) is 9.80 Å². The normalized spacial score (nSPS) is 29.2. The van der Waals surface area contributed by atoms with Crippen molar-refractivity contribution in [2.45, 2.75) is 51.5 Å². The maximum absolute atomic E-state index is 6.14. The molecule has 1 fully saturated rings. The summed E-state index contributed by atoms with van der Waals surface area (Å²) in [6.45, 7) is 9.00. The third kappa shape index (κ3) is 4.22. The second-order valence-electron chi connectivity index (χ2n) is 6.35. The molecule has 108 valence electrons. The van der Waals surface area contributed by atoms with Crippen molar-refractivity contribution in [3.63, 3.8) is 0 Å². The fourth-order valence-corrected chi connectivity index (χ4v) is 3.26. The lowest BCUT2D eigenvalue weighted by Crippen LogP contribution is -2.56. The molecule has 0 amide bonds. The van der Waals surface area contributed by atoms with E-state index in [4.69, 9.17) is 5.73 Å². The van der Waals surface area contributed by atoms with Crippen LogP contribution in [0, 0.1) is 5.92 Å². The molecule has 2 N–H and O–H groups in total. The van der Waals surface area contributed by atoms with Gasteiger partial charge in [0.1, 0.15) is 0 Å². The number of hydrogen-bond acceptors (Lipinski definition) is 3. The van der Waals surface area contributed by atoms with Gasteiger partial charge in [-0.3, -0.25) is 4.90 Å². The molecule has 0 aromatic heterocycles. The minimum Gasteiger partial charge on any atom is -0.329 e. The van der Waals surface area contributed by atoms with Gasteiger partial charge in [0.2, 0.25) is 0 Å². The van der Waals surface area contributed by atoms with Crippen LogP contribution in [0.25, 0.3) is 0 Å². The Balaban J connectivity index is 2.54. The Morgan fingerprint density at radius 3 is 2.22 bits per heavy atom. The monoisotopic (exact) mass is 255 g/mol. The first kappa shape index (κ1) is 15.9. The number of likely N-dealkylation sites (N-methyl/N-ethyl adjacent to an activating group) is 1. The van der Waals surface area contributed by atoms with Crippen LogP contribution in [0.1, 0.15) is 46.0 Å². The highest BCUT2D eigenvalue weighted by Crippen LogP contribution is 2.35. The molecule has 1 saturated carbocycles. The van der Waals surface area contributed by atoms with Crippen molar-refractivity contribution < 1.29 is 0 Å². The first-order valence-electron chi connectivity index (χ1n) is 7.64. The van der Waals surface area contributed by atoms with Gasteiger partial charge in [-0.25, -0.2) is 0 Å². The van der Waals surface area contributed by atoms with E-state index >= 15 is 0 Å². The Labute approximate surface area is 114 Å².